The van der Waals surface area contributed by atoms with Gasteiger partial charge in [0.05, 0.1) is 5.25 Å². The highest BCUT2D eigenvalue weighted by molar-refractivity contribution is 7.79. The van der Waals surface area contributed by atoms with E-state index in [2.05, 4.69) is 13.8 Å². The standard InChI is InChI=1S/C15H32O2S/c1-3-5-7-9-10-12-14-15(18(16)17)13-11-8-6-4-2/h15H,3-14H2,1-2H3,(H,16,17). The molecule has 1 N–H and O–H groups in total. The van der Waals surface area contributed by atoms with Gasteiger partial charge >= 0.3 is 0 Å². The maximum absolute atomic E-state index is 11.2. The second-order valence-electron chi connectivity index (χ2n) is 5.30. The van der Waals surface area contributed by atoms with Crippen molar-refractivity contribution in [2.75, 3.05) is 0 Å². The third kappa shape index (κ3) is 11.2. The smallest absolute Gasteiger partial charge is 0.155 e. The average molecular weight is 276 g/mol. The van der Waals surface area contributed by atoms with Gasteiger partial charge < -0.3 is 4.55 Å². The predicted octanol–water partition coefficient (Wildman–Crippen LogP) is 5.30. The van der Waals surface area contributed by atoms with Gasteiger partial charge in [-0.2, -0.15) is 0 Å². The van der Waals surface area contributed by atoms with Crippen LogP contribution in [0.4, 0.5) is 0 Å². The van der Waals surface area contributed by atoms with Crippen molar-refractivity contribution >= 4 is 11.1 Å². The van der Waals surface area contributed by atoms with Crippen molar-refractivity contribution < 1.29 is 8.76 Å². The van der Waals surface area contributed by atoms with Crippen LogP contribution in [0.2, 0.25) is 0 Å². The van der Waals surface area contributed by atoms with Gasteiger partial charge in [-0.1, -0.05) is 78.1 Å². The van der Waals surface area contributed by atoms with Crippen molar-refractivity contribution in [2.24, 2.45) is 0 Å². The molecule has 0 aromatic heterocycles. The first-order valence-electron chi connectivity index (χ1n) is 7.82. The van der Waals surface area contributed by atoms with E-state index in [9.17, 15) is 8.76 Å². The Labute approximate surface area is 116 Å². The van der Waals surface area contributed by atoms with Crippen LogP contribution in [0.1, 0.15) is 90.9 Å². The second-order valence-corrected chi connectivity index (χ2v) is 6.52. The third-order valence-electron chi connectivity index (χ3n) is 3.54. The van der Waals surface area contributed by atoms with E-state index in [-0.39, 0.29) is 5.25 Å². The lowest BCUT2D eigenvalue weighted by molar-refractivity contribution is 0.500. The number of rotatable bonds is 13. The molecule has 0 saturated heterocycles. The van der Waals surface area contributed by atoms with Crippen LogP contribution in [0.25, 0.3) is 0 Å². The highest BCUT2D eigenvalue weighted by atomic mass is 32.2. The normalized spacial score (nSPS) is 14.6. The number of hydrogen-bond donors (Lipinski definition) is 1. The van der Waals surface area contributed by atoms with E-state index in [1.165, 1.54) is 51.4 Å². The molecule has 0 amide bonds. The molecule has 3 heteroatoms. The molecular formula is C15H32O2S. The maximum atomic E-state index is 11.2. The molecule has 110 valence electrons. The van der Waals surface area contributed by atoms with Crippen molar-refractivity contribution in [3.05, 3.63) is 0 Å². The Morgan fingerprint density at radius 2 is 1.17 bits per heavy atom. The summed E-state index contributed by atoms with van der Waals surface area (Å²) in [5.74, 6) is 0. The van der Waals surface area contributed by atoms with Crippen LogP contribution < -0.4 is 0 Å². The molecule has 2 unspecified atom stereocenters. The molecule has 0 aromatic rings. The molecule has 0 bridgehead atoms. The topological polar surface area (TPSA) is 37.3 Å². The number of unbranched alkanes of at least 4 members (excludes halogenated alkanes) is 8. The van der Waals surface area contributed by atoms with E-state index in [0.717, 1.165) is 25.7 Å². The van der Waals surface area contributed by atoms with Crippen LogP contribution in [-0.2, 0) is 11.1 Å². The predicted molar refractivity (Wildman–Crippen MR) is 81.3 cm³/mol. The molecule has 0 rings (SSSR count). The van der Waals surface area contributed by atoms with Gasteiger partial charge in [0.2, 0.25) is 0 Å². The summed E-state index contributed by atoms with van der Waals surface area (Å²) in [6, 6.07) is 0. The first kappa shape index (κ1) is 18.1. The lowest BCUT2D eigenvalue weighted by Crippen LogP contribution is -2.14. The van der Waals surface area contributed by atoms with Crippen molar-refractivity contribution in [1.29, 1.82) is 0 Å². The summed E-state index contributed by atoms with van der Waals surface area (Å²) in [5, 5.41) is 0.0213. The van der Waals surface area contributed by atoms with E-state index in [1.54, 1.807) is 0 Å². The Morgan fingerprint density at radius 1 is 0.778 bits per heavy atom. The molecule has 0 aromatic carbocycles. The SMILES string of the molecule is CCCCCCCCC(CCCCCC)S(=O)O. The summed E-state index contributed by atoms with van der Waals surface area (Å²) in [5.41, 5.74) is 0. The Hall–Kier alpha value is 0.110. The van der Waals surface area contributed by atoms with Crippen molar-refractivity contribution in [3.63, 3.8) is 0 Å². The summed E-state index contributed by atoms with van der Waals surface area (Å²) < 4.78 is 20.5. The Kier molecular flexibility index (Phi) is 13.6. The van der Waals surface area contributed by atoms with Gasteiger partial charge in [-0.25, -0.2) is 4.21 Å². The Bertz CT molecular complexity index is 195. The fourth-order valence-electron chi connectivity index (χ4n) is 2.30. The van der Waals surface area contributed by atoms with Crippen molar-refractivity contribution in [1.82, 2.24) is 0 Å². The molecule has 0 aliphatic rings. The van der Waals surface area contributed by atoms with Gasteiger partial charge in [0, 0.05) is 0 Å². The lowest BCUT2D eigenvalue weighted by Gasteiger charge is -2.12. The van der Waals surface area contributed by atoms with Gasteiger partial charge in [-0.15, -0.1) is 0 Å². The average Bonchev–Trinajstić information content (AvgIpc) is 2.35. The molecule has 0 heterocycles. The first-order valence-corrected chi connectivity index (χ1v) is 8.99. The molecule has 2 atom stereocenters. The van der Waals surface area contributed by atoms with Crippen LogP contribution >= 0.6 is 0 Å². The Morgan fingerprint density at radius 3 is 1.61 bits per heavy atom. The molecule has 0 saturated carbocycles. The zero-order chi connectivity index (χ0) is 13.6. The van der Waals surface area contributed by atoms with E-state index >= 15 is 0 Å². The fourth-order valence-corrected chi connectivity index (χ4v) is 3.03. The van der Waals surface area contributed by atoms with Crippen molar-refractivity contribution in [3.8, 4) is 0 Å². The van der Waals surface area contributed by atoms with Gasteiger partial charge in [0.25, 0.3) is 0 Å². The minimum absolute atomic E-state index is 0.0213. The van der Waals surface area contributed by atoms with Crippen LogP contribution in [0.3, 0.4) is 0 Å². The minimum atomic E-state index is -1.62. The third-order valence-corrected chi connectivity index (χ3v) is 4.59. The van der Waals surface area contributed by atoms with Crippen molar-refractivity contribution in [2.45, 2.75) is 96.1 Å². The van der Waals surface area contributed by atoms with E-state index < -0.39 is 11.1 Å². The van der Waals surface area contributed by atoms with Gasteiger partial charge in [0.1, 0.15) is 0 Å². The molecule has 0 aliphatic heterocycles. The highest BCUT2D eigenvalue weighted by Gasteiger charge is 2.13. The second kappa shape index (κ2) is 13.5. The minimum Gasteiger partial charge on any atom is -0.306 e. The fraction of sp³-hybridized carbons (Fsp3) is 1.00. The zero-order valence-corrected chi connectivity index (χ0v) is 13.1. The summed E-state index contributed by atoms with van der Waals surface area (Å²) in [7, 11) is 0. The van der Waals surface area contributed by atoms with Crippen LogP contribution in [0.15, 0.2) is 0 Å². The van der Waals surface area contributed by atoms with Crippen LogP contribution in [0, 0.1) is 0 Å². The monoisotopic (exact) mass is 276 g/mol. The summed E-state index contributed by atoms with van der Waals surface area (Å²) in [4.78, 5) is 0. The zero-order valence-electron chi connectivity index (χ0n) is 12.3. The van der Waals surface area contributed by atoms with E-state index in [0.29, 0.717) is 0 Å². The largest absolute Gasteiger partial charge is 0.306 e. The van der Waals surface area contributed by atoms with Crippen LogP contribution in [-0.4, -0.2) is 14.0 Å². The lowest BCUT2D eigenvalue weighted by atomic mass is 10.0. The summed E-state index contributed by atoms with van der Waals surface area (Å²) >= 11 is -1.62. The summed E-state index contributed by atoms with van der Waals surface area (Å²) in [6.07, 6.45) is 14.2. The molecular weight excluding hydrogens is 244 g/mol. The quantitative estimate of drug-likeness (QED) is 0.366. The molecule has 2 nitrogen and oxygen atoms in total. The van der Waals surface area contributed by atoms with Gasteiger partial charge in [0.15, 0.2) is 11.1 Å². The first-order chi connectivity index (χ1) is 8.72. The van der Waals surface area contributed by atoms with Gasteiger partial charge in [-0.3, -0.25) is 0 Å². The Balaban J connectivity index is 3.54. The number of hydrogen-bond acceptors (Lipinski definition) is 1. The molecule has 0 fully saturated rings. The molecule has 0 radical (unpaired) electrons. The van der Waals surface area contributed by atoms with Crippen LogP contribution in [0.5, 0.6) is 0 Å². The highest BCUT2D eigenvalue weighted by Crippen LogP contribution is 2.16. The molecule has 18 heavy (non-hydrogen) atoms. The van der Waals surface area contributed by atoms with E-state index in [1.807, 2.05) is 0 Å². The molecule has 0 spiro atoms. The van der Waals surface area contributed by atoms with E-state index in [4.69, 9.17) is 0 Å². The van der Waals surface area contributed by atoms with Gasteiger partial charge in [-0.05, 0) is 12.8 Å². The maximum Gasteiger partial charge on any atom is 0.155 e. The summed E-state index contributed by atoms with van der Waals surface area (Å²) in [6.45, 7) is 4.42. The molecule has 0 aliphatic carbocycles.